The zero-order chi connectivity index (χ0) is 15.2. The van der Waals surface area contributed by atoms with Gasteiger partial charge in [-0.1, -0.05) is 26.8 Å². The van der Waals surface area contributed by atoms with Gasteiger partial charge in [0.25, 0.3) is 0 Å². The van der Waals surface area contributed by atoms with Crippen molar-refractivity contribution >= 4 is 0 Å². The van der Waals surface area contributed by atoms with Crippen molar-refractivity contribution in [3.05, 3.63) is 52.6 Å². The van der Waals surface area contributed by atoms with Crippen LogP contribution >= 0.6 is 0 Å². The van der Waals surface area contributed by atoms with E-state index in [4.69, 9.17) is 0 Å². The van der Waals surface area contributed by atoms with Gasteiger partial charge in [0.05, 0.1) is 12.2 Å². The van der Waals surface area contributed by atoms with Gasteiger partial charge in [0, 0.05) is 17.8 Å². The summed E-state index contributed by atoms with van der Waals surface area (Å²) >= 11 is 0. The molecular formula is C17H24FN3. The Balaban J connectivity index is 2.23. The van der Waals surface area contributed by atoms with Crippen LogP contribution in [0.3, 0.4) is 0 Å². The third-order valence-corrected chi connectivity index (χ3v) is 3.65. The smallest absolute Gasteiger partial charge is 0.128 e. The molecule has 2 aromatic rings. The molecular weight excluding hydrogens is 265 g/mol. The van der Waals surface area contributed by atoms with E-state index >= 15 is 0 Å². The normalized spacial score (nSPS) is 11.0. The number of hydrogen-bond donors (Lipinski definition) is 1. The molecule has 0 aliphatic carbocycles. The molecule has 4 heteroatoms. The molecule has 0 saturated carbocycles. The van der Waals surface area contributed by atoms with Crippen LogP contribution in [0.2, 0.25) is 0 Å². The van der Waals surface area contributed by atoms with Crippen molar-refractivity contribution in [2.24, 2.45) is 0 Å². The van der Waals surface area contributed by atoms with Crippen molar-refractivity contribution in [1.29, 1.82) is 0 Å². The molecule has 0 spiro atoms. The molecule has 0 amide bonds. The van der Waals surface area contributed by atoms with E-state index < -0.39 is 0 Å². The fraction of sp³-hybridized carbons (Fsp3) is 0.471. The van der Waals surface area contributed by atoms with Gasteiger partial charge in [-0.2, -0.15) is 5.10 Å². The van der Waals surface area contributed by atoms with E-state index in [1.165, 1.54) is 0 Å². The predicted octanol–water partition coefficient (Wildman–Crippen LogP) is 3.30. The van der Waals surface area contributed by atoms with Crippen molar-refractivity contribution < 1.29 is 4.39 Å². The van der Waals surface area contributed by atoms with Gasteiger partial charge in [0.1, 0.15) is 5.82 Å². The first-order chi connectivity index (χ1) is 10.2. The van der Waals surface area contributed by atoms with Gasteiger partial charge in [-0.05, 0) is 43.1 Å². The molecule has 114 valence electrons. The van der Waals surface area contributed by atoms with Crippen LogP contribution in [-0.4, -0.2) is 16.3 Å². The van der Waals surface area contributed by atoms with E-state index in [1.807, 2.05) is 16.8 Å². The van der Waals surface area contributed by atoms with Gasteiger partial charge in [0.15, 0.2) is 0 Å². The topological polar surface area (TPSA) is 29.9 Å². The molecule has 0 aliphatic heterocycles. The van der Waals surface area contributed by atoms with Crippen LogP contribution in [0.1, 0.15) is 43.3 Å². The molecule has 0 fully saturated rings. The van der Waals surface area contributed by atoms with Crippen molar-refractivity contribution in [2.75, 3.05) is 6.54 Å². The summed E-state index contributed by atoms with van der Waals surface area (Å²) in [6.07, 6.45) is 1.81. The second-order valence-electron chi connectivity index (χ2n) is 5.20. The van der Waals surface area contributed by atoms with E-state index in [-0.39, 0.29) is 5.82 Å². The Kier molecular flexibility index (Phi) is 5.51. The van der Waals surface area contributed by atoms with Crippen molar-refractivity contribution in [2.45, 2.75) is 46.7 Å². The minimum Gasteiger partial charge on any atom is -0.313 e. The quantitative estimate of drug-likeness (QED) is 0.847. The van der Waals surface area contributed by atoms with Gasteiger partial charge in [0.2, 0.25) is 0 Å². The average molecular weight is 289 g/mol. The molecule has 21 heavy (non-hydrogen) atoms. The lowest BCUT2D eigenvalue weighted by molar-refractivity contribution is 0.572. The lowest BCUT2D eigenvalue weighted by Gasteiger charge is -2.10. The lowest BCUT2D eigenvalue weighted by Crippen LogP contribution is -2.13. The van der Waals surface area contributed by atoms with E-state index in [1.54, 1.807) is 6.07 Å². The number of nitrogens with zero attached hydrogens (tertiary/aromatic N) is 2. The second kappa shape index (κ2) is 7.36. The number of benzene rings is 1. The van der Waals surface area contributed by atoms with Crippen LogP contribution in [0.4, 0.5) is 4.39 Å². The first kappa shape index (κ1) is 15.7. The molecule has 0 unspecified atom stereocenters. The molecule has 3 nitrogen and oxygen atoms in total. The largest absolute Gasteiger partial charge is 0.313 e. The Morgan fingerprint density at radius 3 is 2.62 bits per heavy atom. The molecule has 0 aliphatic rings. The van der Waals surface area contributed by atoms with Crippen LogP contribution in [0, 0.1) is 5.82 Å². The van der Waals surface area contributed by atoms with Crippen molar-refractivity contribution in [3.63, 3.8) is 0 Å². The maximum Gasteiger partial charge on any atom is 0.128 e. The van der Waals surface area contributed by atoms with Crippen LogP contribution in [0.5, 0.6) is 0 Å². The highest BCUT2D eigenvalue weighted by Crippen LogP contribution is 2.15. The number of halogens is 1. The summed E-state index contributed by atoms with van der Waals surface area (Å²) in [5, 5.41) is 7.83. The summed E-state index contributed by atoms with van der Waals surface area (Å²) in [4.78, 5) is 0. The van der Waals surface area contributed by atoms with E-state index in [0.717, 1.165) is 42.9 Å². The molecule has 0 bridgehead atoms. The lowest BCUT2D eigenvalue weighted by atomic mass is 10.1. The summed E-state index contributed by atoms with van der Waals surface area (Å²) in [5.41, 5.74) is 4.03. The Morgan fingerprint density at radius 2 is 1.95 bits per heavy atom. The molecule has 1 aromatic heterocycles. The van der Waals surface area contributed by atoms with Crippen LogP contribution in [0.15, 0.2) is 24.3 Å². The number of rotatable bonds is 7. The molecule has 1 heterocycles. The van der Waals surface area contributed by atoms with Gasteiger partial charge in [-0.3, -0.25) is 4.68 Å². The van der Waals surface area contributed by atoms with E-state index in [0.29, 0.717) is 12.1 Å². The maximum absolute atomic E-state index is 14.0. The number of nitrogens with one attached hydrogen (secondary N) is 1. The molecule has 2 rings (SSSR count). The zero-order valence-corrected chi connectivity index (χ0v) is 13.1. The third kappa shape index (κ3) is 3.91. The monoisotopic (exact) mass is 289 g/mol. The summed E-state index contributed by atoms with van der Waals surface area (Å²) < 4.78 is 16.0. The number of aryl methyl sites for hydroxylation is 2. The number of aromatic nitrogens is 2. The van der Waals surface area contributed by atoms with E-state index in [2.05, 4.69) is 37.3 Å². The third-order valence-electron chi connectivity index (χ3n) is 3.65. The number of hydrogen-bond acceptors (Lipinski definition) is 2. The Hall–Kier alpha value is -1.68. The Labute approximate surface area is 126 Å². The summed E-state index contributed by atoms with van der Waals surface area (Å²) in [5.74, 6) is -0.161. The van der Waals surface area contributed by atoms with Gasteiger partial charge >= 0.3 is 0 Å². The van der Waals surface area contributed by atoms with Crippen LogP contribution < -0.4 is 5.32 Å². The first-order valence-electron chi connectivity index (χ1n) is 7.71. The maximum atomic E-state index is 14.0. The Morgan fingerprint density at radius 1 is 1.14 bits per heavy atom. The highest BCUT2D eigenvalue weighted by molar-refractivity contribution is 5.26. The standard InChI is InChI=1S/C17H24FN3/c1-4-15-10-16(5-2)21(20-15)12-14-9-13(11-19-6-3)7-8-17(14)18/h7-10,19H,4-6,11-12H2,1-3H3. The summed E-state index contributed by atoms with van der Waals surface area (Å²) in [6.45, 7) is 8.42. The minimum atomic E-state index is -0.161. The van der Waals surface area contributed by atoms with Gasteiger partial charge in [-0.25, -0.2) is 4.39 Å². The molecule has 0 radical (unpaired) electrons. The zero-order valence-electron chi connectivity index (χ0n) is 13.1. The van der Waals surface area contributed by atoms with Crippen LogP contribution in [0.25, 0.3) is 0 Å². The second-order valence-corrected chi connectivity index (χ2v) is 5.20. The molecule has 1 aromatic carbocycles. The summed E-state index contributed by atoms with van der Waals surface area (Å²) in [7, 11) is 0. The highest BCUT2D eigenvalue weighted by atomic mass is 19.1. The highest BCUT2D eigenvalue weighted by Gasteiger charge is 2.09. The first-order valence-corrected chi connectivity index (χ1v) is 7.71. The fourth-order valence-corrected chi connectivity index (χ4v) is 2.40. The Bertz CT molecular complexity index is 590. The van der Waals surface area contributed by atoms with Gasteiger partial charge < -0.3 is 5.32 Å². The fourth-order valence-electron chi connectivity index (χ4n) is 2.40. The van der Waals surface area contributed by atoms with Gasteiger partial charge in [-0.15, -0.1) is 0 Å². The van der Waals surface area contributed by atoms with Crippen molar-refractivity contribution in [3.8, 4) is 0 Å². The SMILES string of the molecule is CCNCc1ccc(F)c(Cn2nc(CC)cc2CC)c1. The molecule has 1 N–H and O–H groups in total. The minimum absolute atomic E-state index is 0.161. The predicted molar refractivity (Wildman–Crippen MR) is 83.9 cm³/mol. The average Bonchev–Trinajstić information content (AvgIpc) is 2.90. The molecule has 0 saturated heterocycles. The van der Waals surface area contributed by atoms with E-state index in [9.17, 15) is 4.39 Å². The van der Waals surface area contributed by atoms with Crippen LogP contribution in [-0.2, 0) is 25.9 Å². The summed E-state index contributed by atoms with van der Waals surface area (Å²) in [6, 6.07) is 7.44. The van der Waals surface area contributed by atoms with Crippen molar-refractivity contribution in [1.82, 2.24) is 15.1 Å². The molecule has 0 atom stereocenters.